The van der Waals surface area contributed by atoms with Crippen molar-refractivity contribution in [2.24, 2.45) is 5.90 Å². The Morgan fingerprint density at radius 3 is 1.94 bits per heavy atom. The summed E-state index contributed by atoms with van der Waals surface area (Å²) < 4.78 is 5.00. The quantitative estimate of drug-likeness (QED) is 0.413. The van der Waals surface area contributed by atoms with E-state index in [9.17, 15) is 14.4 Å². The lowest BCUT2D eigenvalue weighted by molar-refractivity contribution is -0.173. The second-order valence-electron chi connectivity index (χ2n) is 4.50. The summed E-state index contributed by atoms with van der Waals surface area (Å²) in [5, 5.41) is 0. The monoisotopic (exact) mass is 246 g/mol. The molecule has 0 saturated heterocycles. The zero-order chi connectivity index (χ0) is 13.8. The fourth-order valence-electron chi connectivity index (χ4n) is 1.02. The predicted octanol–water partition coefficient (Wildman–Crippen LogP) is -0.408. The van der Waals surface area contributed by atoms with Gasteiger partial charge in [-0.15, -0.1) is 0 Å². The Bertz CT molecular complexity index is 321. The van der Waals surface area contributed by atoms with Crippen LogP contribution >= 0.6 is 0 Å². The lowest BCUT2D eigenvalue weighted by atomic mass is 10.2. The van der Waals surface area contributed by atoms with Crippen LogP contribution in [0.1, 0.15) is 27.7 Å². The maximum atomic E-state index is 11.7. The third kappa shape index (κ3) is 4.81. The Hall–Kier alpha value is -1.63. The Morgan fingerprint density at radius 2 is 1.65 bits per heavy atom. The molecule has 1 atom stereocenters. The van der Waals surface area contributed by atoms with Crippen LogP contribution < -0.4 is 5.90 Å². The van der Waals surface area contributed by atoms with Gasteiger partial charge in [-0.2, -0.15) is 5.90 Å². The van der Waals surface area contributed by atoms with Crippen LogP contribution in [-0.4, -0.2) is 41.4 Å². The predicted molar refractivity (Wildman–Crippen MR) is 58.4 cm³/mol. The molecule has 0 aliphatic rings. The first-order valence-electron chi connectivity index (χ1n) is 4.97. The highest BCUT2D eigenvalue weighted by Crippen LogP contribution is 2.11. The molecule has 0 radical (unpaired) electrons. The maximum absolute atomic E-state index is 11.7. The number of hydrogen-bond donors (Lipinski definition) is 1. The molecule has 0 rings (SSSR count). The van der Waals surface area contributed by atoms with E-state index < -0.39 is 29.5 Å². The summed E-state index contributed by atoms with van der Waals surface area (Å²) in [5.41, 5.74) is -0.776. The standard InChI is InChI=1S/C10H18N2O5/c1-6(13)12(5)7(9(15)17-11)8(14)16-10(2,3)4/h7H,11H2,1-5H3. The van der Waals surface area contributed by atoms with E-state index in [4.69, 9.17) is 10.6 Å². The first-order valence-corrected chi connectivity index (χ1v) is 4.97. The van der Waals surface area contributed by atoms with Gasteiger partial charge < -0.3 is 14.5 Å². The second kappa shape index (κ2) is 5.62. The summed E-state index contributed by atoms with van der Waals surface area (Å²) in [7, 11) is 1.29. The lowest BCUT2D eigenvalue weighted by Gasteiger charge is -2.27. The van der Waals surface area contributed by atoms with Crippen molar-refractivity contribution in [2.75, 3.05) is 7.05 Å². The van der Waals surface area contributed by atoms with Crippen LogP contribution in [0.2, 0.25) is 0 Å². The minimum Gasteiger partial charge on any atom is -0.458 e. The smallest absolute Gasteiger partial charge is 0.359 e. The van der Waals surface area contributed by atoms with Gasteiger partial charge in [-0.1, -0.05) is 0 Å². The molecule has 0 aliphatic carbocycles. The first kappa shape index (κ1) is 15.4. The summed E-state index contributed by atoms with van der Waals surface area (Å²) >= 11 is 0. The van der Waals surface area contributed by atoms with E-state index in [1.807, 2.05) is 0 Å². The molecular formula is C10H18N2O5. The van der Waals surface area contributed by atoms with Crippen LogP contribution in [0, 0.1) is 0 Å². The Kier molecular flexibility index (Phi) is 5.09. The van der Waals surface area contributed by atoms with Crippen LogP contribution in [0.3, 0.4) is 0 Å². The van der Waals surface area contributed by atoms with E-state index in [-0.39, 0.29) is 0 Å². The van der Waals surface area contributed by atoms with Gasteiger partial charge in [0.25, 0.3) is 0 Å². The summed E-state index contributed by atoms with van der Waals surface area (Å²) in [4.78, 5) is 39.1. The number of likely N-dealkylation sites (N-methyl/N-ethyl adjacent to an activating group) is 1. The van der Waals surface area contributed by atoms with E-state index in [2.05, 4.69) is 4.84 Å². The molecular weight excluding hydrogens is 228 g/mol. The number of amides is 1. The van der Waals surface area contributed by atoms with E-state index in [1.54, 1.807) is 20.8 Å². The van der Waals surface area contributed by atoms with Crippen molar-refractivity contribution in [1.29, 1.82) is 0 Å². The van der Waals surface area contributed by atoms with Crippen molar-refractivity contribution in [2.45, 2.75) is 39.3 Å². The zero-order valence-electron chi connectivity index (χ0n) is 10.6. The fraction of sp³-hybridized carbons (Fsp3) is 0.700. The molecule has 0 aromatic rings. The molecule has 0 aromatic heterocycles. The van der Waals surface area contributed by atoms with Crippen molar-refractivity contribution < 1.29 is 24.0 Å². The molecule has 0 aliphatic heterocycles. The van der Waals surface area contributed by atoms with E-state index >= 15 is 0 Å². The molecule has 0 saturated carbocycles. The average Bonchev–Trinajstić information content (AvgIpc) is 2.14. The van der Waals surface area contributed by atoms with Gasteiger partial charge in [0, 0.05) is 14.0 Å². The molecule has 1 amide bonds. The molecule has 7 heteroatoms. The molecule has 0 spiro atoms. The van der Waals surface area contributed by atoms with Crippen LogP contribution in [0.25, 0.3) is 0 Å². The SMILES string of the molecule is CC(=O)N(C)C(C(=O)ON)C(=O)OC(C)(C)C. The van der Waals surface area contributed by atoms with Crippen LogP contribution in [0.4, 0.5) is 0 Å². The van der Waals surface area contributed by atoms with Gasteiger partial charge >= 0.3 is 11.9 Å². The Morgan fingerprint density at radius 1 is 1.18 bits per heavy atom. The van der Waals surface area contributed by atoms with Gasteiger partial charge in [-0.05, 0) is 20.8 Å². The molecule has 0 fully saturated rings. The number of rotatable bonds is 3. The van der Waals surface area contributed by atoms with Gasteiger partial charge in [0.05, 0.1) is 0 Å². The van der Waals surface area contributed by atoms with Crippen molar-refractivity contribution in [1.82, 2.24) is 4.90 Å². The third-order valence-electron chi connectivity index (χ3n) is 1.85. The number of esters is 1. The molecule has 98 valence electrons. The van der Waals surface area contributed by atoms with Crippen molar-refractivity contribution in [3.05, 3.63) is 0 Å². The summed E-state index contributed by atoms with van der Waals surface area (Å²) in [6.45, 7) is 6.14. The highest BCUT2D eigenvalue weighted by molar-refractivity contribution is 6.02. The molecule has 2 N–H and O–H groups in total. The number of nitrogens with two attached hydrogens (primary N) is 1. The summed E-state index contributed by atoms with van der Waals surface area (Å²) in [6, 6.07) is -1.49. The van der Waals surface area contributed by atoms with Gasteiger partial charge in [0.15, 0.2) is 0 Å². The van der Waals surface area contributed by atoms with E-state index in [0.717, 1.165) is 4.90 Å². The molecule has 0 heterocycles. The van der Waals surface area contributed by atoms with Crippen LogP contribution in [0.5, 0.6) is 0 Å². The van der Waals surface area contributed by atoms with Crippen LogP contribution in [-0.2, 0) is 24.0 Å². The molecule has 7 nitrogen and oxygen atoms in total. The summed E-state index contributed by atoms with van der Waals surface area (Å²) in [6.07, 6.45) is 0. The maximum Gasteiger partial charge on any atom is 0.359 e. The van der Waals surface area contributed by atoms with Crippen molar-refractivity contribution in [3.63, 3.8) is 0 Å². The van der Waals surface area contributed by atoms with Gasteiger partial charge in [-0.3, -0.25) is 4.79 Å². The topological polar surface area (TPSA) is 98.9 Å². The summed E-state index contributed by atoms with van der Waals surface area (Å²) in [5.74, 6) is 2.31. The molecule has 17 heavy (non-hydrogen) atoms. The van der Waals surface area contributed by atoms with Gasteiger partial charge in [0.1, 0.15) is 5.60 Å². The largest absolute Gasteiger partial charge is 0.458 e. The highest BCUT2D eigenvalue weighted by atomic mass is 16.7. The number of ether oxygens (including phenoxy) is 1. The number of carbonyl (C=O) groups excluding carboxylic acids is 3. The second-order valence-corrected chi connectivity index (χ2v) is 4.50. The number of hydrogen-bond acceptors (Lipinski definition) is 6. The highest BCUT2D eigenvalue weighted by Gasteiger charge is 2.37. The molecule has 1 unspecified atom stereocenters. The first-order chi connectivity index (χ1) is 7.60. The Labute approximate surface area is 99.8 Å². The van der Waals surface area contributed by atoms with Crippen molar-refractivity contribution >= 4 is 17.8 Å². The average molecular weight is 246 g/mol. The minimum absolute atomic E-state index is 0.480. The normalized spacial score (nSPS) is 12.6. The van der Waals surface area contributed by atoms with E-state index in [1.165, 1.54) is 14.0 Å². The third-order valence-corrected chi connectivity index (χ3v) is 1.85. The molecule has 0 aromatic carbocycles. The fourth-order valence-corrected chi connectivity index (χ4v) is 1.02. The Balaban J connectivity index is 5.00. The van der Waals surface area contributed by atoms with Gasteiger partial charge in [0.2, 0.25) is 11.9 Å². The zero-order valence-corrected chi connectivity index (χ0v) is 10.6. The van der Waals surface area contributed by atoms with Crippen LogP contribution in [0.15, 0.2) is 0 Å². The van der Waals surface area contributed by atoms with E-state index in [0.29, 0.717) is 0 Å². The van der Waals surface area contributed by atoms with Crippen molar-refractivity contribution in [3.8, 4) is 0 Å². The number of carbonyl (C=O) groups is 3. The lowest BCUT2D eigenvalue weighted by Crippen LogP contribution is -2.50. The molecule has 0 bridgehead atoms. The number of nitrogens with zero attached hydrogens (tertiary/aromatic N) is 1. The van der Waals surface area contributed by atoms with Gasteiger partial charge in [-0.25, -0.2) is 9.59 Å². The minimum atomic E-state index is -1.49.